The summed E-state index contributed by atoms with van der Waals surface area (Å²) in [6.45, 7) is 0. The van der Waals surface area contributed by atoms with Gasteiger partial charge in [0.2, 0.25) is 6.29 Å². The van der Waals surface area contributed by atoms with E-state index in [4.69, 9.17) is 0 Å². The summed E-state index contributed by atoms with van der Waals surface area (Å²) in [5.41, 5.74) is 4.13. The van der Waals surface area contributed by atoms with Gasteiger partial charge in [0.05, 0.1) is 11.0 Å². The molecule has 0 aliphatic rings. The molecule has 2 aromatic carbocycles. The molecule has 3 rings (SSSR count). The highest BCUT2D eigenvalue weighted by Crippen LogP contribution is 2.26. The van der Waals surface area contributed by atoms with Crippen LogP contribution in [0.5, 0.6) is 0 Å². The van der Waals surface area contributed by atoms with Crippen LogP contribution in [0.15, 0.2) is 54.9 Å². The van der Waals surface area contributed by atoms with E-state index in [0.29, 0.717) is 5.56 Å². The first-order valence-corrected chi connectivity index (χ1v) is 5.57. The molecule has 3 heteroatoms. The van der Waals surface area contributed by atoms with Crippen molar-refractivity contribution in [1.29, 1.82) is 0 Å². The highest BCUT2D eigenvalue weighted by Gasteiger charge is 2.05. The molecule has 1 heterocycles. The fraction of sp³-hybridized carbons (Fsp3) is 0. The first-order valence-electron chi connectivity index (χ1n) is 5.57. The summed E-state index contributed by atoms with van der Waals surface area (Å²) in [7, 11) is 0. The Labute approximate surface area is 104 Å². The normalized spacial score (nSPS) is 10.4. The summed E-state index contributed by atoms with van der Waals surface area (Å²) in [6, 6.07) is 13.1. The van der Waals surface area contributed by atoms with E-state index in [1.807, 2.05) is 36.6 Å². The van der Waals surface area contributed by atoms with Gasteiger partial charge in [0.25, 0.3) is 0 Å². The largest absolute Gasteiger partial charge is 0.285 e. The average Bonchev–Trinajstić information content (AvgIpc) is 2.47. The van der Waals surface area contributed by atoms with Crippen molar-refractivity contribution >= 4 is 17.3 Å². The first-order chi connectivity index (χ1) is 8.88. The maximum atomic E-state index is 10.7. The van der Waals surface area contributed by atoms with E-state index in [2.05, 4.69) is 9.97 Å². The van der Waals surface area contributed by atoms with Gasteiger partial charge in [-0.3, -0.25) is 14.8 Å². The third-order valence-electron chi connectivity index (χ3n) is 2.79. The third kappa shape index (κ3) is 1.76. The van der Waals surface area contributed by atoms with E-state index < -0.39 is 0 Å². The van der Waals surface area contributed by atoms with Crippen molar-refractivity contribution in [2.75, 3.05) is 0 Å². The molecule has 0 bridgehead atoms. The molecule has 85 valence electrons. The molecule has 0 saturated carbocycles. The third-order valence-corrected chi connectivity index (χ3v) is 2.79. The molecular formula is C15H9N2O. The number of carbonyl (C=O) groups excluding carboxylic acids is 1. The van der Waals surface area contributed by atoms with Crippen LogP contribution in [-0.2, 0) is 4.79 Å². The Balaban J connectivity index is 2.27. The van der Waals surface area contributed by atoms with E-state index in [1.165, 1.54) is 0 Å². The maximum absolute atomic E-state index is 10.7. The molecule has 0 fully saturated rings. The first kappa shape index (κ1) is 10.6. The zero-order chi connectivity index (χ0) is 12.4. The number of rotatable bonds is 2. The van der Waals surface area contributed by atoms with Crippen LogP contribution in [0.1, 0.15) is 5.56 Å². The molecule has 1 radical (unpaired) electrons. The molecule has 0 saturated heterocycles. The highest BCUT2D eigenvalue weighted by atomic mass is 16.1. The molecule has 18 heavy (non-hydrogen) atoms. The fourth-order valence-electron chi connectivity index (χ4n) is 1.98. The molecule has 0 aliphatic heterocycles. The number of aromatic nitrogens is 2. The standard InChI is InChI=1S/C15H9N2O/c18-10-11-3-1-4-12(9-11)13-5-2-6-14-15(13)17-8-7-16-14/h1-9H. The average molecular weight is 233 g/mol. The predicted octanol–water partition coefficient (Wildman–Crippen LogP) is 2.75. The number of hydrogen-bond donors (Lipinski definition) is 0. The van der Waals surface area contributed by atoms with Gasteiger partial charge in [-0.2, -0.15) is 0 Å². The van der Waals surface area contributed by atoms with Crippen LogP contribution in [0.2, 0.25) is 0 Å². The number of benzene rings is 2. The summed E-state index contributed by atoms with van der Waals surface area (Å²) in [5, 5.41) is 0. The minimum absolute atomic E-state index is 0.536. The second-order valence-electron chi connectivity index (χ2n) is 3.91. The number of nitrogens with zero attached hydrogens (tertiary/aromatic N) is 2. The molecule has 0 unspecified atom stereocenters. The molecule has 0 aliphatic carbocycles. The zero-order valence-electron chi connectivity index (χ0n) is 9.50. The second-order valence-corrected chi connectivity index (χ2v) is 3.91. The second kappa shape index (κ2) is 4.37. The number of fused-ring (bicyclic) bond motifs is 1. The van der Waals surface area contributed by atoms with Gasteiger partial charge in [0, 0.05) is 23.5 Å². The Hall–Kier alpha value is -2.55. The smallest absolute Gasteiger partial charge is 0.233 e. The summed E-state index contributed by atoms with van der Waals surface area (Å²) >= 11 is 0. The van der Waals surface area contributed by atoms with Crippen LogP contribution in [0.4, 0.5) is 0 Å². The molecule has 0 amide bonds. The van der Waals surface area contributed by atoms with Gasteiger partial charge >= 0.3 is 0 Å². The van der Waals surface area contributed by atoms with Crippen molar-refractivity contribution in [1.82, 2.24) is 9.97 Å². The molecular weight excluding hydrogens is 224 g/mol. The van der Waals surface area contributed by atoms with Gasteiger partial charge in [0.15, 0.2) is 0 Å². The van der Waals surface area contributed by atoms with E-state index in [9.17, 15) is 4.79 Å². The molecule has 1 aromatic heterocycles. The van der Waals surface area contributed by atoms with Crippen molar-refractivity contribution < 1.29 is 4.79 Å². The molecule has 3 aromatic rings. The minimum Gasteiger partial charge on any atom is -0.285 e. The van der Waals surface area contributed by atoms with Crippen LogP contribution >= 0.6 is 0 Å². The van der Waals surface area contributed by atoms with Crippen molar-refractivity contribution in [2.24, 2.45) is 0 Å². The number of para-hydroxylation sites is 1. The Morgan fingerprint density at radius 2 is 1.78 bits per heavy atom. The van der Waals surface area contributed by atoms with Crippen molar-refractivity contribution in [3.8, 4) is 11.1 Å². The Morgan fingerprint density at radius 1 is 0.944 bits per heavy atom. The van der Waals surface area contributed by atoms with Gasteiger partial charge in [-0.1, -0.05) is 30.3 Å². The Kier molecular flexibility index (Phi) is 2.57. The molecule has 0 N–H and O–H groups in total. The lowest BCUT2D eigenvalue weighted by atomic mass is 10.0. The quantitative estimate of drug-likeness (QED) is 0.683. The fourth-order valence-corrected chi connectivity index (χ4v) is 1.98. The highest BCUT2D eigenvalue weighted by molar-refractivity contribution is 5.92. The van der Waals surface area contributed by atoms with Crippen LogP contribution < -0.4 is 0 Å². The number of hydrogen-bond acceptors (Lipinski definition) is 3. The van der Waals surface area contributed by atoms with E-state index in [1.54, 1.807) is 24.5 Å². The predicted molar refractivity (Wildman–Crippen MR) is 69.8 cm³/mol. The SMILES string of the molecule is O=[C]c1cccc(-c2cccc3nccnc23)c1. The maximum Gasteiger partial charge on any atom is 0.233 e. The van der Waals surface area contributed by atoms with Gasteiger partial charge in [-0.25, -0.2) is 0 Å². The van der Waals surface area contributed by atoms with Crippen LogP contribution in [0.3, 0.4) is 0 Å². The topological polar surface area (TPSA) is 42.9 Å². The van der Waals surface area contributed by atoms with E-state index in [0.717, 1.165) is 22.2 Å². The summed E-state index contributed by atoms with van der Waals surface area (Å²) in [6.07, 6.45) is 5.24. The minimum atomic E-state index is 0.536. The van der Waals surface area contributed by atoms with Gasteiger partial charge < -0.3 is 0 Å². The van der Waals surface area contributed by atoms with Gasteiger partial charge in [0.1, 0.15) is 0 Å². The lowest BCUT2D eigenvalue weighted by Crippen LogP contribution is -1.88. The van der Waals surface area contributed by atoms with Crippen molar-refractivity contribution in [3.63, 3.8) is 0 Å². The van der Waals surface area contributed by atoms with Crippen LogP contribution in [0.25, 0.3) is 22.2 Å². The van der Waals surface area contributed by atoms with Crippen molar-refractivity contribution in [2.45, 2.75) is 0 Å². The Bertz CT molecular complexity index is 717. The van der Waals surface area contributed by atoms with Gasteiger partial charge in [-0.15, -0.1) is 0 Å². The van der Waals surface area contributed by atoms with Gasteiger partial charge in [-0.05, 0) is 17.7 Å². The molecule has 0 spiro atoms. The van der Waals surface area contributed by atoms with Crippen LogP contribution in [-0.4, -0.2) is 16.3 Å². The summed E-state index contributed by atoms with van der Waals surface area (Å²) in [5.74, 6) is 0. The van der Waals surface area contributed by atoms with E-state index >= 15 is 0 Å². The summed E-state index contributed by atoms with van der Waals surface area (Å²) < 4.78 is 0. The summed E-state index contributed by atoms with van der Waals surface area (Å²) in [4.78, 5) is 19.3. The van der Waals surface area contributed by atoms with E-state index in [-0.39, 0.29) is 0 Å². The Morgan fingerprint density at radius 3 is 2.67 bits per heavy atom. The molecule has 0 atom stereocenters. The van der Waals surface area contributed by atoms with Crippen molar-refractivity contribution in [3.05, 3.63) is 60.4 Å². The van der Waals surface area contributed by atoms with Crippen LogP contribution in [0, 0.1) is 0 Å². The molecule has 3 nitrogen and oxygen atoms in total. The lowest BCUT2D eigenvalue weighted by molar-refractivity contribution is 0.563. The lowest BCUT2D eigenvalue weighted by Gasteiger charge is -2.05. The monoisotopic (exact) mass is 233 g/mol. The zero-order valence-corrected chi connectivity index (χ0v) is 9.50.